The highest BCUT2D eigenvalue weighted by atomic mass is 35.5. The lowest BCUT2D eigenvalue weighted by molar-refractivity contribution is -0.170. The Morgan fingerprint density at radius 1 is 0.707 bits per heavy atom. The summed E-state index contributed by atoms with van der Waals surface area (Å²) in [6.07, 6.45) is -1.22. The number of carboxylic acids is 3. The van der Waals surface area contributed by atoms with Crippen LogP contribution in [0.2, 0.25) is 0 Å². The number of rotatable bonds is 13. The van der Waals surface area contributed by atoms with Crippen LogP contribution < -0.4 is 0 Å². The van der Waals surface area contributed by atoms with Crippen molar-refractivity contribution in [2.75, 3.05) is 19.6 Å². The average molecular weight is 582 g/mol. The normalized spacial score (nSPS) is 11.7. The fraction of sp³-hybridized carbons (Fsp3) is 0.281. The number of nitrogens with zero attached hydrogens (tertiary/aromatic N) is 1. The second-order valence-corrected chi connectivity index (χ2v) is 9.75. The number of likely N-dealkylation sites (N-methyl/N-ethyl adjacent to an activating group) is 1. The summed E-state index contributed by atoms with van der Waals surface area (Å²) in [5.74, 6) is -5.02. The molecule has 0 saturated heterocycles. The van der Waals surface area contributed by atoms with Crippen molar-refractivity contribution in [1.82, 2.24) is 4.90 Å². The lowest BCUT2D eigenvalue weighted by Crippen LogP contribution is -2.42. The van der Waals surface area contributed by atoms with Crippen molar-refractivity contribution in [3.8, 4) is 0 Å². The van der Waals surface area contributed by atoms with Gasteiger partial charge in [-0.2, -0.15) is 0 Å². The summed E-state index contributed by atoms with van der Waals surface area (Å²) in [6, 6.07) is 29.4. The standard InChI is InChI=1S/C26H28ClN.C6H8O7/c1-3-28(4-2)20-19-21-15-17-23(18-16-21)25(22-11-7-5-8-12-22)26(27)24-13-9-6-10-14-24;7-3(8)1-6(13,5(11)12)2-4(9)10/h5-18H,3-4,19-20H2,1-2H3;13H,1-2H2,(H,7,8)(H,9,10)(H,11,12)/b26-25-;. The Morgan fingerprint density at radius 3 is 1.56 bits per heavy atom. The summed E-state index contributed by atoms with van der Waals surface area (Å²) in [4.78, 5) is 32.9. The molecule has 0 unspecified atom stereocenters. The van der Waals surface area contributed by atoms with Gasteiger partial charge in [0.05, 0.1) is 17.9 Å². The molecule has 9 heteroatoms. The Morgan fingerprint density at radius 2 is 1.15 bits per heavy atom. The summed E-state index contributed by atoms with van der Waals surface area (Å²) < 4.78 is 0. The Labute approximate surface area is 245 Å². The van der Waals surface area contributed by atoms with E-state index in [0.717, 1.165) is 53.4 Å². The largest absolute Gasteiger partial charge is 0.481 e. The van der Waals surface area contributed by atoms with Crippen molar-refractivity contribution in [2.24, 2.45) is 0 Å². The molecule has 0 aliphatic carbocycles. The molecule has 8 nitrogen and oxygen atoms in total. The fourth-order valence-corrected chi connectivity index (χ4v) is 4.48. The van der Waals surface area contributed by atoms with Gasteiger partial charge in [-0.05, 0) is 41.8 Å². The molecule has 0 saturated carbocycles. The zero-order chi connectivity index (χ0) is 30.4. The topological polar surface area (TPSA) is 135 Å². The zero-order valence-corrected chi connectivity index (χ0v) is 23.9. The van der Waals surface area contributed by atoms with Gasteiger partial charge in [-0.1, -0.05) is 110 Å². The summed E-state index contributed by atoms with van der Waals surface area (Å²) in [7, 11) is 0. The van der Waals surface area contributed by atoms with Crippen molar-refractivity contribution in [3.05, 3.63) is 107 Å². The summed E-state index contributed by atoms with van der Waals surface area (Å²) >= 11 is 6.89. The second-order valence-electron chi connectivity index (χ2n) is 9.37. The molecule has 41 heavy (non-hydrogen) atoms. The smallest absolute Gasteiger partial charge is 0.336 e. The summed E-state index contributed by atoms with van der Waals surface area (Å²) in [5.41, 5.74) is 3.01. The van der Waals surface area contributed by atoms with E-state index >= 15 is 0 Å². The van der Waals surface area contributed by atoms with Gasteiger partial charge in [0, 0.05) is 12.1 Å². The van der Waals surface area contributed by atoms with Crippen LogP contribution in [-0.4, -0.2) is 68.5 Å². The lowest BCUT2D eigenvalue weighted by Gasteiger charge is -2.18. The molecule has 0 bridgehead atoms. The maximum Gasteiger partial charge on any atom is 0.336 e. The quantitative estimate of drug-likeness (QED) is 0.195. The Balaban J connectivity index is 0.000000383. The molecule has 0 atom stereocenters. The van der Waals surface area contributed by atoms with Gasteiger partial charge >= 0.3 is 17.9 Å². The molecular weight excluding hydrogens is 546 g/mol. The number of halogens is 1. The van der Waals surface area contributed by atoms with Crippen LogP contribution in [0, 0.1) is 0 Å². The van der Waals surface area contributed by atoms with E-state index < -0.39 is 36.4 Å². The number of carboxylic acid groups (broad SMARTS) is 3. The predicted molar refractivity (Wildman–Crippen MR) is 160 cm³/mol. The molecule has 3 aromatic carbocycles. The third kappa shape index (κ3) is 10.5. The third-order valence-corrected chi connectivity index (χ3v) is 6.86. The van der Waals surface area contributed by atoms with Crippen molar-refractivity contribution in [3.63, 3.8) is 0 Å². The van der Waals surface area contributed by atoms with Crippen molar-refractivity contribution in [1.29, 1.82) is 0 Å². The van der Waals surface area contributed by atoms with Crippen LogP contribution in [0.4, 0.5) is 0 Å². The number of hydrogen-bond acceptors (Lipinski definition) is 5. The van der Waals surface area contributed by atoms with Crippen LogP contribution in [0.5, 0.6) is 0 Å². The maximum atomic E-state index is 10.3. The fourth-order valence-electron chi connectivity index (χ4n) is 4.13. The minimum absolute atomic E-state index is 0.780. The first-order valence-electron chi connectivity index (χ1n) is 13.2. The molecule has 0 radical (unpaired) electrons. The minimum atomic E-state index is -2.74. The van der Waals surface area contributed by atoms with Gasteiger partial charge in [0.1, 0.15) is 0 Å². The van der Waals surface area contributed by atoms with Crippen molar-refractivity contribution in [2.45, 2.75) is 38.7 Å². The van der Waals surface area contributed by atoms with Crippen LogP contribution in [0.3, 0.4) is 0 Å². The highest BCUT2D eigenvalue weighted by Gasteiger charge is 2.40. The van der Waals surface area contributed by atoms with E-state index in [-0.39, 0.29) is 0 Å². The Kier molecular flexibility index (Phi) is 13.2. The molecule has 0 aliphatic heterocycles. The first kappa shape index (κ1) is 33.2. The van der Waals surface area contributed by atoms with E-state index in [1.54, 1.807) is 0 Å². The Bertz CT molecular complexity index is 1290. The summed E-state index contributed by atoms with van der Waals surface area (Å²) in [5, 5.41) is 34.6. The molecule has 0 heterocycles. The zero-order valence-electron chi connectivity index (χ0n) is 23.2. The van der Waals surface area contributed by atoms with Crippen LogP contribution in [0.15, 0.2) is 84.9 Å². The van der Waals surface area contributed by atoms with E-state index in [1.807, 2.05) is 24.3 Å². The van der Waals surface area contributed by atoms with E-state index in [4.69, 9.17) is 32.0 Å². The second kappa shape index (κ2) is 16.3. The molecule has 0 aromatic heterocycles. The van der Waals surface area contributed by atoms with Crippen LogP contribution in [0.1, 0.15) is 48.9 Å². The van der Waals surface area contributed by atoms with Crippen molar-refractivity contribution < 1.29 is 34.8 Å². The van der Waals surface area contributed by atoms with Crippen LogP contribution >= 0.6 is 11.6 Å². The van der Waals surface area contributed by atoms with Gasteiger partial charge in [-0.3, -0.25) is 9.59 Å². The number of aliphatic hydroxyl groups is 1. The van der Waals surface area contributed by atoms with Crippen LogP contribution in [0.25, 0.3) is 10.6 Å². The molecule has 4 N–H and O–H groups in total. The molecule has 218 valence electrons. The van der Waals surface area contributed by atoms with Gasteiger partial charge in [0.25, 0.3) is 0 Å². The molecule has 3 rings (SSSR count). The van der Waals surface area contributed by atoms with Gasteiger partial charge in [0.15, 0.2) is 5.60 Å². The third-order valence-electron chi connectivity index (χ3n) is 6.45. The molecule has 3 aromatic rings. The van der Waals surface area contributed by atoms with E-state index in [2.05, 4.69) is 79.4 Å². The van der Waals surface area contributed by atoms with Crippen LogP contribution in [-0.2, 0) is 20.8 Å². The van der Waals surface area contributed by atoms with E-state index in [9.17, 15) is 14.4 Å². The highest BCUT2D eigenvalue weighted by molar-refractivity contribution is 6.53. The molecule has 0 spiro atoms. The number of benzene rings is 3. The SMILES string of the molecule is CCN(CC)CCc1ccc(/C(=C(\Cl)c2ccccc2)c2ccccc2)cc1.O=C(O)CC(O)(CC(=O)O)C(=O)O. The first-order valence-corrected chi connectivity index (χ1v) is 13.6. The van der Waals surface area contributed by atoms with Gasteiger partial charge < -0.3 is 25.3 Å². The van der Waals surface area contributed by atoms with Gasteiger partial charge in [0.2, 0.25) is 0 Å². The predicted octanol–water partition coefficient (Wildman–Crippen LogP) is 5.48. The highest BCUT2D eigenvalue weighted by Crippen LogP contribution is 2.34. The molecule has 0 amide bonds. The average Bonchev–Trinajstić information content (AvgIpc) is 2.95. The number of hydrogen-bond donors (Lipinski definition) is 4. The monoisotopic (exact) mass is 581 g/mol. The molecular formula is C32H36ClNO7. The first-order chi connectivity index (χ1) is 19.5. The Hall–Kier alpha value is -3.98. The maximum absolute atomic E-state index is 10.3. The minimum Gasteiger partial charge on any atom is -0.481 e. The molecule has 0 fully saturated rings. The van der Waals surface area contributed by atoms with E-state index in [0.29, 0.717) is 0 Å². The molecule has 0 aliphatic rings. The van der Waals surface area contributed by atoms with Gasteiger partial charge in [-0.25, -0.2) is 4.79 Å². The lowest BCUT2D eigenvalue weighted by atomic mass is 9.94. The van der Waals surface area contributed by atoms with Gasteiger partial charge in [-0.15, -0.1) is 0 Å². The number of aliphatic carboxylic acids is 3. The van der Waals surface area contributed by atoms with E-state index in [1.165, 1.54) is 5.56 Å². The number of carbonyl (C=O) groups is 3. The summed E-state index contributed by atoms with van der Waals surface area (Å²) in [6.45, 7) is 7.73. The van der Waals surface area contributed by atoms with Crippen molar-refractivity contribution >= 4 is 40.1 Å².